The van der Waals surface area contributed by atoms with E-state index in [9.17, 15) is 0 Å². The molecule has 130 valence electrons. The number of hydrogen-bond acceptors (Lipinski definition) is 0. The first kappa shape index (κ1) is 19.7. The summed E-state index contributed by atoms with van der Waals surface area (Å²) >= 11 is 5.00. The Morgan fingerprint density at radius 2 is 0.760 bits per heavy atom. The topological polar surface area (TPSA) is 0 Å². The number of alkyl halides is 1. The molecule has 2 heteroatoms. The van der Waals surface area contributed by atoms with Crippen LogP contribution in [-0.2, 0) is 0 Å². The Morgan fingerprint density at radius 3 is 0.960 bits per heavy atom. The number of halogens is 1. The molecule has 3 aromatic rings. The highest BCUT2D eigenvalue weighted by atomic mass is 35.5. The Balaban J connectivity index is 0.000000701. The van der Waals surface area contributed by atoms with Crippen LogP contribution in [0.1, 0.15) is 23.6 Å². The molecule has 0 nitrogen and oxygen atoms in total. The fourth-order valence-electron chi connectivity index (χ4n) is 2.53. The average Bonchev–Trinajstić information content (AvgIpc) is 2.61. The molecule has 25 heavy (non-hydrogen) atoms. The van der Waals surface area contributed by atoms with E-state index in [4.69, 9.17) is 11.6 Å². The first-order chi connectivity index (χ1) is 12.0. The third-order valence-corrected chi connectivity index (χ3v) is 6.32. The summed E-state index contributed by atoms with van der Waals surface area (Å²) in [6.45, 7) is 8.32. The van der Waals surface area contributed by atoms with Crippen molar-refractivity contribution in [3.63, 3.8) is 0 Å². The molecule has 3 rings (SSSR count). The van der Waals surface area contributed by atoms with Gasteiger partial charge < -0.3 is 0 Å². The molecule has 0 aromatic heterocycles. The maximum atomic E-state index is 5.00. The van der Waals surface area contributed by atoms with E-state index >= 15 is 0 Å². The molecule has 0 spiro atoms. The molecule has 0 heterocycles. The van der Waals surface area contributed by atoms with Crippen LogP contribution in [0.3, 0.4) is 0 Å². The number of rotatable bonds is 3. The summed E-state index contributed by atoms with van der Waals surface area (Å²) in [5.41, 5.74) is 3.93. The van der Waals surface area contributed by atoms with Crippen molar-refractivity contribution >= 4 is 35.4 Å². The van der Waals surface area contributed by atoms with Gasteiger partial charge in [0.1, 0.15) is 0 Å². The van der Waals surface area contributed by atoms with Gasteiger partial charge in [-0.2, -0.15) is 0 Å². The van der Waals surface area contributed by atoms with Crippen LogP contribution in [0.5, 0.6) is 0 Å². The molecule has 0 bridgehead atoms. The van der Waals surface area contributed by atoms with E-state index in [1.54, 1.807) is 0 Å². The van der Waals surface area contributed by atoms with Gasteiger partial charge >= 0.3 is 0 Å². The predicted molar refractivity (Wildman–Crippen MR) is 116 cm³/mol. The van der Waals surface area contributed by atoms with Crippen LogP contribution < -0.4 is 15.9 Å². The lowest BCUT2D eigenvalue weighted by Crippen LogP contribution is -2.20. The summed E-state index contributed by atoms with van der Waals surface area (Å²) in [5.74, 6) is 0.722. The van der Waals surface area contributed by atoms with Gasteiger partial charge in [-0.3, -0.25) is 0 Å². The van der Waals surface area contributed by atoms with E-state index in [-0.39, 0.29) is 0 Å². The molecule has 0 amide bonds. The van der Waals surface area contributed by atoms with Crippen LogP contribution >= 0.6 is 19.5 Å². The normalized spacial score (nSPS) is 10.3. The zero-order valence-corrected chi connectivity index (χ0v) is 17.1. The maximum Gasteiger partial charge on any atom is 0.0195 e. The van der Waals surface area contributed by atoms with E-state index in [2.05, 4.69) is 93.6 Å². The van der Waals surface area contributed by atoms with Gasteiger partial charge in [0.15, 0.2) is 0 Å². The lowest BCUT2D eigenvalue weighted by molar-refractivity contribution is 1.48. The molecular weight excluding hydrogens is 343 g/mol. The number of aryl methyl sites for hydroxylation is 3. The highest BCUT2D eigenvalue weighted by molar-refractivity contribution is 7.79. The Kier molecular flexibility index (Phi) is 7.69. The minimum atomic E-state index is -0.483. The second-order valence-electron chi connectivity index (χ2n) is 6.11. The van der Waals surface area contributed by atoms with E-state index in [0.29, 0.717) is 0 Å². The van der Waals surface area contributed by atoms with E-state index in [0.717, 1.165) is 5.88 Å². The molecule has 0 aliphatic rings. The maximum absolute atomic E-state index is 5.00. The molecule has 0 N–H and O–H groups in total. The summed E-state index contributed by atoms with van der Waals surface area (Å²) in [7, 11) is -0.483. The summed E-state index contributed by atoms with van der Waals surface area (Å²) in [4.78, 5) is 0. The van der Waals surface area contributed by atoms with Crippen molar-refractivity contribution in [2.24, 2.45) is 0 Å². The van der Waals surface area contributed by atoms with Gasteiger partial charge in [-0.1, -0.05) is 96.4 Å². The number of benzene rings is 3. The third-order valence-electron chi connectivity index (χ3n) is 3.88. The summed E-state index contributed by atoms with van der Waals surface area (Å²) < 4.78 is 0. The van der Waals surface area contributed by atoms with Gasteiger partial charge in [-0.05, 0) is 44.6 Å². The van der Waals surface area contributed by atoms with Crippen LogP contribution in [0.15, 0.2) is 72.8 Å². The summed E-state index contributed by atoms with van der Waals surface area (Å²) in [6, 6.07) is 27.0. The molecule has 0 aliphatic carbocycles. The molecule has 0 radical (unpaired) electrons. The van der Waals surface area contributed by atoms with E-state index < -0.39 is 7.92 Å². The SMILES string of the molecule is CCCl.Cc1ccc(P(c2ccc(C)cc2)c2ccc(C)cc2)cc1. The highest BCUT2D eigenvalue weighted by Gasteiger charge is 2.16. The molecule has 0 atom stereocenters. The van der Waals surface area contributed by atoms with Crippen LogP contribution in [0.2, 0.25) is 0 Å². The zero-order valence-electron chi connectivity index (χ0n) is 15.5. The van der Waals surface area contributed by atoms with Crippen molar-refractivity contribution in [1.82, 2.24) is 0 Å². The molecular formula is C23H26ClP. The van der Waals surface area contributed by atoms with Crippen molar-refractivity contribution in [3.8, 4) is 0 Å². The Bertz CT molecular complexity index is 651. The van der Waals surface area contributed by atoms with Gasteiger partial charge in [0.25, 0.3) is 0 Å². The first-order valence-corrected chi connectivity index (χ1v) is 10.5. The van der Waals surface area contributed by atoms with Gasteiger partial charge in [-0.15, -0.1) is 11.6 Å². The molecule has 0 fully saturated rings. The fraction of sp³-hybridized carbons (Fsp3) is 0.217. The molecule has 0 saturated heterocycles. The van der Waals surface area contributed by atoms with Crippen molar-refractivity contribution in [2.75, 3.05) is 5.88 Å². The van der Waals surface area contributed by atoms with Crippen molar-refractivity contribution in [1.29, 1.82) is 0 Å². The van der Waals surface area contributed by atoms with Crippen LogP contribution in [0, 0.1) is 20.8 Å². The van der Waals surface area contributed by atoms with Crippen LogP contribution in [-0.4, -0.2) is 5.88 Å². The van der Waals surface area contributed by atoms with Gasteiger partial charge in [0, 0.05) is 5.88 Å². The summed E-state index contributed by atoms with van der Waals surface area (Å²) in [5, 5.41) is 4.23. The lowest BCUT2D eigenvalue weighted by Gasteiger charge is -2.20. The molecule has 0 unspecified atom stereocenters. The average molecular weight is 369 g/mol. The van der Waals surface area contributed by atoms with E-state index in [1.165, 1.54) is 32.6 Å². The Hall–Kier alpha value is -1.62. The fourth-order valence-corrected chi connectivity index (χ4v) is 4.76. The van der Waals surface area contributed by atoms with Gasteiger partial charge in [-0.25, -0.2) is 0 Å². The monoisotopic (exact) mass is 368 g/mol. The molecule has 3 aromatic carbocycles. The molecule has 0 saturated carbocycles. The van der Waals surface area contributed by atoms with Crippen LogP contribution in [0.4, 0.5) is 0 Å². The largest absolute Gasteiger partial charge is 0.127 e. The molecule has 0 aliphatic heterocycles. The minimum absolute atomic E-state index is 0.483. The summed E-state index contributed by atoms with van der Waals surface area (Å²) in [6.07, 6.45) is 0. The highest BCUT2D eigenvalue weighted by Crippen LogP contribution is 2.32. The Morgan fingerprint density at radius 1 is 0.560 bits per heavy atom. The van der Waals surface area contributed by atoms with Gasteiger partial charge in [0.05, 0.1) is 0 Å². The minimum Gasteiger partial charge on any atom is -0.127 e. The Labute approximate surface area is 158 Å². The lowest BCUT2D eigenvalue weighted by atomic mass is 10.2. The zero-order chi connectivity index (χ0) is 18.2. The first-order valence-electron chi connectivity index (χ1n) is 8.61. The predicted octanol–water partition coefficient (Wildman–Crippen LogP) is 5.62. The quantitative estimate of drug-likeness (QED) is 0.416. The second-order valence-corrected chi connectivity index (χ2v) is 8.86. The number of hydrogen-bond donors (Lipinski definition) is 0. The second kappa shape index (κ2) is 9.76. The van der Waals surface area contributed by atoms with Gasteiger partial charge in [0.2, 0.25) is 0 Å². The smallest absolute Gasteiger partial charge is 0.0195 e. The van der Waals surface area contributed by atoms with Crippen LogP contribution in [0.25, 0.3) is 0 Å². The van der Waals surface area contributed by atoms with Crippen molar-refractivity contribution in [3.05, 3.63) is 89.5 Å². The third kappa shape index (κ3) is 5.70. The van der Waals surface area contributed by atoms with Crippen molar-refractivity contribution in [2.45, 2.75) is 27.7 Å². The van der Waals surface area contributed by atoms with Crippen molar-refractivity contribution < 1.29 is 0 Å². The van der Waals surface area contributed by atoms with E-state index in [1.807, 2.05) is 6.92 Å². The standard InChI is InChI=1S/C21H21P.C2H5Cl/c1-16-4-10-19(11-5-16)22(20-12-6-17(2)7-13-20)21-14-8-18(3)9-15-21;1-2-3/h4-15H,1-3H3;2H2,1H3.